The van der Waals surface area contributed by atoms with E-state index in [4.69, 9.17) is 0 Å². The largest absolute Gasteiger partial charge is 0.325 e. The fourth-order valence-corrected chi connectivity index (χ4v) is 5.21. The first-order chi connectivity index (χ1) is 16.5. The number of thioether (sulfide) groups is 1. The number of aliphatic imine (C=N–C) groups is 1. The van der Waals surface area contributed by atoms with Crippen molar-refractivity contribution in [2.75, 3.05) is 17.6 Å². The van der Waals surface area contributed by atoms with Gasteiger partial charge in [-0.3, -0.25) is 14.5 Å². The first kappa shape index (κ1) is 23.9. The second-order valence-corrected chi connectivity index (χ2v) is 10.3. The molecule has 2 N–H and O–H groups in total. The van der Waals surface area contributed by atoms with Crippen LogP contribution in [0.5, 0.6) is 0 Å². The number of hydrogen-bond acceptors (Lipinski definition) is 8. The number of anilines is 1. The Kier molecular flexibility index (Phi) is 7.91. The number of nitrogens with one attached hydrogen (secondary N) is 2. The van der Waals surface area contributed by atoms with E-state index in [1.165, 1.54) is 23.9 Å². The molecule has 1 amide bonds. The van der Waals surface area contributed by atoms with Crippen LogP contribution in [0.3, 0.4) is 0 Å². The normalized spacial score (nSPS) is 14.2. The Hall–Kier alpha value is -3.25. The molecule has 0 aliphatic carbocycles. The predicted molar refractivity (Wildman–Crippen MR) is 130 cm³/mol. The van der Waals surface area contributed by atoms with Crippen molar-refractivity contribution in [1.29, 1.82) is 0 Å². The minimum Gasteiger partial charge on any atom is -0.325 e. The molecule has 0 spiro atoms. The Morgan fingerprint density at radius 1 is 1.06 bits per heavy atom. The lowest BCUT2D eigenvalue weighted by atomic mass is 10.2. The van der Waals surface area contributed by atoms with Gasteiger partial charge >= 0.3 is 0 Å². The molecule has 1 aromatic heterocycles. The van der Waals surface area contributed by atoms with Gasteiger partial charge in [-0.2, -0.15) is 0 Å². The van der Waals surface area contributed by atoms with Crippen LogP contribution < -0.4 is 10.0 Å². The molecule has 34 heavy (non-hydrogen) atoms. The van der Waals surface area contributed by atoms with Crippen molar-refractivity contribution < 1.29 is 13.2 Å². The third kappa shape index (κ3) is 6.64. The van der Waals surface area contributed by atoms with Crippen LogP contribution in [0.15, 0.2) is 69.6 Å². The SMILES string of the molecule is O=C(CSc1nnnn1Cc1ccccc1)Nc1cccc(S(=O)(=O)NC2=NCCCCC2)c1. The van der Waals surface area contributed by atoms with Crippen LogP contribution in [0.1, 0.15) is 31.2 Å². The van der Waals surface area contributed by atoms with E-state index < -0.39 is 10.0 Å². The van der Waals surface area contributed by atoms with E-state index in [-0.39, 0.29) is 16.6 Å². The summed E-state index contributed by atoms with van der Waals surface area (Å²) in [5.74, 6) is 0.257. The summed E-state index contributed by atoms with van der Waals surface area (Å²) in [5.41, 5.74) is 1.43. The molecule has 4 rings (SSSR count). The average molecular weight is 500 g/mol. The molecule has 2 heterocycles. The number of carbonyl (C=O) groups excluding carboxylic acids is 1. The number of hydrogen-bond donors (Lipinski definition) is 2. The molecule has 0 saturated carbocycles. The van der Waals surface area contributed by atoms with Crippen molar-refractivity contribution >= 4 is 39.2 Å². The van der Waals surface area contributed by atoms with E-state index in [1.54, 1.807) is 16.8 Å². The summed E-state index contributed by atoms with van der Waals surface area (Å²) in [6.07, 6.45) is 3.51. The molecule has 0 atom stereocenters. The number of rotatable bonds is 8. The van der Waals surface area contributed by atoms with Crippen LogP contribution in [0.2, 0.25) is 0 Å². The highest BCUT2D eigenvalue weighted by Crippen LogP contribution is 2.19. The lowest BCUT2D eigenvalue weighted by Gasteiger charge is -2.11. The molecular weight excluding hydrogens is 474 g/mol. The average Bonchev–Trinajstić information content (AvgIpc) is 3.11. The van der Waals surface area contributed by atoms with E-state index in [1.807, 2.05) is 30.3 Å². The van der Waals surface area contributed by atoms with Crippen molar-refractivity contribution in [3.63, 3.8) is 0 Å². The smallest absolute Gasteiger partial charge is 0.262 e. The first-order valence-corrected chi connectivity index (χ1v) is 13.4. The number of nitrogens with zero attached hydrogens (tertiary/aromatic N) is 5. The van der Waals surface area contributed by atoms with E-state index in [9.17, 15) is 13.2 Å². The Morgan fingerprint density at radius 2 is 1.91 bits per heavy atom. The maximum atomic E-state index is 12.8. The maximum Gasteiger partial charge on any atom is 0.262 e. The van der Waals surface area contributed by atoms with Gasteiger partial charge in [0.1, 0.15) is 5.84 Å². The number of tetrazole rings is 1. The van der Waals surface area contributed by atoms with Gasteiger partial charge in [0.15, 0.2) is 0 Å². The van der Waals surface area contributed by atoms with E-state index in [2.05, 4.69) is 30.6 Å². The van der Waals surface area contributed by atoms with Gasteiger partial charge in [0.05, 0.1) is 17.2 Å². The van der Waals surface area contributed by atoms with E-state index in [0.29, 0.717) is 36.2 Å². The molecule has 10 nitrogen and oxygen atoms in total. The van der Waals surface area contributed by atoms with Crippen molar-refractivity contribution in [1.82, 2.24) is 24.9 Å². The Bertz CT molecular complexity index is 1260. The summed E-state index contributed by atoms with van der Waals surface area (Å²) in [6, 6.07) is 15.9. The monoisotopic (exact) mass is 499 g/mol. The van der Waals surface area contributed by atoms with Gasteiger partial charge in [0.25, 0.3) is 10.0 Å². The molecule has 0 bridgehead atoms. The number of carbonyl (C=O) groups is 1. The third-order valence-electron chi connectivity index (χ3n) is 5.06. The minimum absolute atomic E-state index is 0.0664. The van der Waals surface area contributed by atoms with Crippen LogP contribution in [-0.2, 0) is 21.4 Å². The standard InChI is InChI=1S/C22H25N7O3S2/c30-21(16-33-22-25-27-28-29(22)15-17-8-3-1-4-9-17)24-18-10-7-11-19(14-18)34(31,32)26-20-12-5-2-6-13-23-20/h1,3-4,7-11,14H,2,5-6,12-13,15-16H2,(H,23,26)(H,24,30). The zero-order valence-corrected chi connectivity index (χ0v) is 20.1. The Labute approximate surface area is 202 Å². The van der Waals surface area contributed by atoms with Crippen LogP contribution in [0.25, 0.3) is 0 Å². The van der Waals surface area contributed by atoms with Gasteiger partial charge in [-0.05, 0) is 47.0 Å². The van der Waals surface area contributed by atoms with E-state index in [0.717, 1.165) is 24.8 Å². The summed E-state index contributed by atoms with van der Waals surface area (Å²) in [4.78, 5) is 16.9. The van der Waals surface area contributed by atoms with Gasteiger partial charge in [-0.15, -0.1) is 5.10 Å². The van der Waals surface area contributed by atoms with Gasteiger partial charge in [0, 0.05) is 18.7 Å². The van der Waals surface area contributed by atoms with E-state index >= 15 is 0 Å². The number of benzene rings is 2. The highest BCUT2D eigenvalue weighted by Gasteiger charge is 2.18. The van der Waals surface area contributed by atoms with Crippen LogP contribution in [0, 0.1) is 0 Å². The molecule has 12 heteroatoms. The van der Waals surface area contributed by atoms with Gasteiger partial charge in [-0.1, -0.05) is 54.6 Å². The highest BCUT2D eigenvalue weighted by atomic mass is 32.2. The van der Waals surface area contributed by atoms with Crippen LogP contribution in [0.4, 0.5) is 5.69 Å². The summed E-state index contributed by atoms with van der Waals surface area (Å²) >= 11 is 1.20. The molecule has 1 aliphatic heterocycles. The van der Waals surface area contributed by atoms with Crippen molar-refractivity contribution in [3.8, 4) is 0 Å². The molecule has 1 aliphatic rings. The molecule has 2 aromatic carbocycles. The quantitative estimate of drug-likeness (QED) is 0.456. The molecule has 0 fully saturated rings. The summed E-state index contributed by atoms with van der Waals surface area (Å²) in [6.45, 7) is 1.12. The zero-order chi connectivity index (χ0) is 23.8. The lowest BCUT2D eigenvalue weighted by molar-refractivity contribution is -0.113. The fraction of sp³-hybridized carbons (Fsp3) is 0.318. The molecular formula is C22H25N7O3S2. The van der Waals surface area contributed by atoms with Gasteiger partial charge < -0.3 is 5.32 Å². The van der Waals surface area contributed by atoms with Gasteiger partial charge in [0.2, 0.25) is 11.1 Å². The Morgan fingerprint density at radius 3 is 2.76 bits per heavy atom. The number of amides is 1. The predicted octanol–water partition coefficient (Wildman–Crippen LogP) is 2.70. The summed E-state index contributed by atoms with van der Waals surface area (Å²) in [5, 5.41) is 14.9. The zero-order valence-electron chi connectivity index (χ0n) is 18.4. The van der Waals surface area contributed by atoms with Crippen LogP contribution in [-0.4, -0.2) is 52.7 Å². The number of amidine groups is 1. The number of aromatic nitrogens is 4. The first-order valence-electron chi connectivity index (χ1n) is 10.9. The molecule has 0 saturated heterocycles. The minimum atomic E-state index is -3.78. The molecule has 3 aromatic rings. The highest BCUT2D eigenvalue weighted by molar-refractivity contribution is 7.99. The van der Waals surface area contributed by atoms with Crippen molar-refractivity contribution in [2.24, 2.45) is 4.99 Å². The topological polar surface area (TPSA) is 131 Å². The van der Waals surface area contributed by atoms with Crippen molar-refractivity contribution in [3.05, 3.63) is 60.2 Å². The second kappa shape index (κ2) is 11.3. The third-order valence-corrected chi connectivity index (χ3v) is 7.40. The summed E-state index contributed by atoms with van der Waals surface area (Å²) < 4.78 is 29.8. The van der Waals surface area contributed by atoms with Crippen LogP contribution >= 0.6 is 11.8 Å². The van der Waals surface area contributed by atoms with Gasteiger partial charge in [-0.25, -0.2) is 13.1 Å². The number of sulfonamides is 1. The molecule has 0 unspecified atom stereocenters. The Balaban J connectivity index is 1.35. The summed E-state index contributed by atoms with van der Waals surface area (Å²) in [7, 11) is -3.78. The molecule has 178 valence electrons. The fourth-order valence-electron chi connectivity index (χ4n) is 3.40. The maximum absolute atomic E-state index is 12.8. The lowest BCUT2D eigenvalue weighted by Crippen LogP contribution is -2.30. The van der Waals surface area contributed by atoms with Crippen molar-refractivity contribution in [2.45, 2.75) is 42.3 Å². The molecule has 0 radical (unpaired) electrons. The second-order valence-electron chi connectivity index (χ2n) is 7.71.